The van der Waals surface area contributed by atoms with Gasteiger partial charge in [-0.25, -0.2) is 4.39 Å². The smallest absolute Gasteiger partial charge is 0.144 e. The van der Waals surface area contributed by atoms with Crippen LogP contribution in [0.3, 0.4) is 0 Å². The topological polar surface area (TPSA) is 36.4 Å². The third kappa shape index (κ3) is 2.74. The van der Waals surface area contributed by atoms with E-state index in [0.29, 0.717) is 36.3 Å². The lowest BCUT2D eigenvalue weighted by Gasteiger charge is -2.43. The maximum absolute atomic E-state index is 13.5. The Hall–Kier alpha value is -1.78. The van der Waals surface area contributed by atoms with Crippen LogP contribution in [0.15, 0.2) is 42.5 Å². The number of halogens is 1. The van der Waals surface area contributed by atoms with E-state index in [4.69, 9.17) is 0 Å². The van der Waals surface area contributed by atoms with Gasteiger partial charge in [0.1, 0.15) is 11.4 Å². The first kappa shape index (κ1) is 15.7. The summed E-state index contributed by atoms with van der Waals surface area (Å²) in [4.78, 5) is 6.86. The third-order valence-electron chi connectivity index (χ3n) is 5.62. The van der Waals surface area contributed by atoms with Crippen LogP contribution in [0.25, 0.3) is 0 Å². The van der Waals surface area contributed by atoms with Crippen molar-refractivity contribution in [1.82, 2.24) is 9.88 Å². The van der Waals surface area contributed by atoms with E-state index in [2.05, 4.69) is 34.1 Å². The van der Waals surface area contributed by atoms with E-state index >= 15 is 0 Å². The van der Waals surface area contributed by atoms with Gasteiger partial charge in [-0.3, -0.25) is 9.88 Å². The summed E-state index contributed by atoms with van der Waals surface area (Å²) in [6, 6.07) is 14.3. The Morgan fingerprint density at radius 1 is 1.12 bits per heavy atom. The van der Waals surface area contributed by atoms with Crippen LogP contribution in [0.2, 0.25) is 0 Å². The molecule has 2 fully saturated rings. The maximum atomic E-state index is 13.5. The van der Waals surface area contributed by atoms with E-state index in [-0.39, 0.29) is 5.82 Å². The minimum atomic E-state index is -0.933. The Balaban J connectivity index is 1.56. The van der Waals surface area contributed by atoms with Gasteiger partial charge in [-0.2, -0.15) is 0 Å². The summed E-state index contributed by atoms with van der Waals surface area (Å²) in [6.07, 6.45) is 3.57. The molecule has 1 aromatic heterocycles. The van der Waals surface area contributed by atoms with Crippen LogP contribution < -0.4 is 0 Å². The summed E-state index contributed by atoms with van der Waals surface area (Å²) < 4.78 is 13.5. The molecule has 2 aromatic rings. The second-order valence-electron chi connectivity index (χ2n) is 7.25. The highest BCUT2D eigenvalue weighted by atomic mass is 19.1. The fraction of sp³-hybridized carbons (Fsp3) is 0.450. The van der Waals surface area contributed by atoms with E-state index in [9.17, 15) is 9.50 Å². The lowest BCUT2D eigenvalue weighted by Crippen LogP contribution is -2.49. The molecule has 2 atom stereocenters. The molecule has 2 aliphatic heterocycles. The van der Waals surface area contributed by atoms with Crippen LogP contribution in [0.5, 0.6) is 0 Å². The number of piperidine rings is 1. The van der Waals surface area contributed by atoms with Crippen molar-refractivity contribution in [1.29, 1.82) is 0 Å². The van der Waals surface area contributed by atoms with Gasteiger partial charge in [0.2, 0.25) is 0 Å². The summed E-state index contributed by atoms with van der Waals surface area (Å²) in [5.74, 6) is -0.313. The number of aliphatic hydroxyl groups is 1. The summed E-state index contributed by atoms with van der Waals surface area (Å²) in [6.45, 7) is 2.59. The van der Waals surface area contributed by atoms with Crippen LogP contribution in [0, 0.1) is 12.7 Å². The molecular formula is C20H23FN2O. The van der Waals surface area contributed by atoms with Crippen molar-refractivity contribution in [2.75, 3.05) is 0 Å². The zero-order valence-electron chi connectivity index (χ0n) is 14.0. The van der Waals surface area contributed by atoms with Gasteiger partial charge in [0.25, 0.3) is 0 Å². The number of aryl methyl sites for hydroxylation is 1. The van der Waals surface area contributed by atoms with Crippen molar-refractivity contribution in [2.24, 2.45) is 0 Å². The lowest BCUT2D eigenvalue weighted by atomic mass is 9.83. The van der Waals surface area contributed by atoms with Crippen LogP contribution in [0.1, 0.15) is 42.6 Å². The number of benzene rings is 1. The van der Waals surface area contributed by atoms with Crippen molar-refractivity contribution in [2.45, 2.75) is 56.8 Å². The van der Waals surface area contributed by atoms with Gasteiger partial charge in [-0.15, -0.1) is 0 Å². The minimum Gasteiger partial charge on any atom is -0.383 e. The van der Waals surface area contributed by atoms with E-state index in [1.54, 1.807) is 13.0 Å². The third-order valence-corrected chi connectivity index (χ3v) is 5.62. The molecule has 2 aliphatic rings. The minimum absolute atomic E-state index is 0.313. The van der Waals surface area contributed by atoms with E-state index in [1.807, 2.05) is 6.07 Å². The molecule has 3 nitrogen and oxygen atoms in total. The molecule has 2 unspecified atom stereocenters. The van der Waals surface area contributed by atoms with Crippen molar-refractivity contribution < 1.29 is 9.50 Å². The second kappa shape index (κ2) is 5.94. The monoisotopic (exact) mass is 326 g/mol. The molecule has 4 heteroatoms. The number of hydrogen-bond acceptors (Lipinski definition) is 3. The number of nitrogens with zero attached hydrogens (tertiary/aromatic N) is 2. The van der Waals surface area contributed by atoms with Gasteiger partial charge < -0.3 is 5.11 Å². The molecule has 0 saturated carbocycles. The van der Waals surface area contributed by atoms with Gasteiger partial charge >= 0.3 is 0 Å². The molecule has 0 spiro atoms. The first-order valence-electron chi connectivity index (χ1n) is 8.71. The normalized spacial score (nSPS) is 29.8. The molecule has 3 heterocycles. The van der Waals surface area contributed by atoms with Crippen molar-refractivity contribution in [3.63, 3.8) is 0 Å². The van der Waals surface area contributed by atoms with Crippen molar-refractivity contribution in [3.8, 4) is 0 Å². The fourth-order valence-electron chi connectivity index (χ4n) is 4.38. The number of aromatic nitrogens is 1. The molecule has 4 rings (SSSR count). The molecule has 24 heavy (non-hydrogen) atoms. The van der Waals surface area contributed by atoms with E-state index in [0.717, 1.165) is 19.4 Å². The zero-order valence-corrected chi connectivity index (χ0v) is 14.0. The fourth-order valence-corrected chi connectivity index (χ4v) is 4.38. The van der Waals surface area contributed by atoms with E-state index < -0.39 is 5.60 Å². The zero-order chi connectivity index (χ0) is 16.7. The van der Waals surface area contributed by atoms with E-state index in [1.165, 1.54) is 11.6 Å². The van der Waals surface area contributed by atoms with Crippen LogP contribution in [0.4, 0.5) is 4.39 Å². The predicted octanol–water partition coefficient (Wildman–Crippen LogP) is 3.54. The van der Waals surface area contributed by atoms with Gasteiger partial charge in [0.15, 0.2) is 0 Å². The lowest BCUT2D eigenvalue weighted by molar-refractivity contribution is -0.0624. The molecule has 2 saturated heterocycles. The molecule has 2 bridgehead atoms. The number of pyridine rings is 1. The predicted molar refractivity (Wildman–Crippen MR) is 90.9 cm³/mol. The summed E-state index contributed by atoms with van der Waals surface area (Å²) >= 11 is 0. The van der Waals surface area contributed by atoms with Gasteiger partial charge in [-0.05, 0) is 50.3 Å². The van der Waals surface area contributed by atoms with Gasteiger partial charge in [0.05, 0.1) is 11.4 Å². The van der Waals surface area contributed by atoms with Gasteiger partial charge in [0, 0.05) is 18.6 Å². The Bertz CT molecular complexity index is 720. The number of fused-ring (bicyclic) bond motifs is 2. The average molecular weight is 326 g/mol. The summed E-state index contributed by atoms with van der Waals surface area (Å²) in [5, 5.41) is 11.2. The molecule has 126 valence electrons. The Morgan fingerprint density at radius 2 is 1.79 bits per heavy atom. The molecule has 0 radical (unpaired) electrons. The van der Waals surface area contributed by atoms with Crippen LogP contribution in [-0.4, -0.2) is 27.1 Å². The highest BCUT2D eigenvalue weighted by Crippen LogP contribution is 2.45. The molecule has 1 N–H and O–H groups in total. The largest absolute Gasteiger partial charge is 0.383 e. The molecular weight excluding hydrogens is 303 g/mol. The SMILES string of the molecule is Cc1nc(C2(O)CC3CCC(C2)N3Cc2ccccc2)ccc1F. The molecule has 0 aliphatic carbocycles. The number of rotatable bonds is 3. The average Bonchev–Trinajstić information content (AvgIpc) is 2.82. The number of hydrogen-bond donors (Lipinski definition) is 1. The van der Waals surface area contributed by atoms with Crippen LogP contribution >= 0.6 is 0 Å². The first-order chi connectivity index (χ1) is 11.5. The Morgan fingerprint density at radius 3 is 2.42 bits per heavy atom. The summed E-state index contributed by atoms with van der Waals surface area (Å²) in [5.41, 5.74) is 1.37. The highest BCUT2D eigenvalue weighted by molar-refractivity contribution is 5.22. The molecule has 1 aromatic carbocycles. The first-order valence-corrected chi connectivity index (χ1v) is 8.71. The van der Waals surface area contributed by atoms with Crippen molar-refractivity contribution >= 4 is 0 Å². The van der Waals surface area contributed by atoms with Gasteiger partial charge in [-0.1, -0.05) is 30.3 Å². The highest BCUT2D eigenvalue weighted by Gasteiger charge is 2.48. The van der Waals surface area contributed by atoms with Crippen molar-refractivity contribution in [3.05, 3.63) is 65.2 Å². The molecule has 0 amide bonds. The standard InChI is InChI=1S/C20H23FN2O/c1-14-18(21)9-10-19(22-14)20(24)11-16-7-8-17(12-20)23(16)13-15-5-3-2-4-6-15/h2-6,9-10,16-17,24H,7-8,11-13H2,1H3. The quantitative estimate of drug-likeness (QED) is 0.937. The maximum Gasteiger partial charge on any atom is 0.144 e. The Labute approximate surface area is 142 Å². The second-order valence-corrected chi connectivity index (χ2v) is 7.25. The Kier molecular flexibility index (Phi) is 3.89. The summed E-state index contributed by atoms with van der Waals surface area (Å²) in [7, 11) is 0. The van der Waals surface area contributed by atoms with Crippen LogP contribution in [-0.2, 0) is 12.1 Å².